The Hall–Kier alpha value is -1.03. The van der Waals surface area contributed by atoms with E-state index in [4.69, 9.17) is 4.42 Å². The summed E-state index contributed by atoms with van der Waals surface area (Å²) in [4.78, 5) is 7.07. The van der Waals surface area contributed by atoms with Gasteiger partial charge in [0.15, 0.2) is 0 Å². The van der Waals surface area contributed by atoms with Crippen molar-refractivity contribution in [2.75, 3.05) is 18.0 Å². The molecule has 1 aromatic rings. The van der Waals surface area contributed by atoms with E-state index >= 15 is 0 Å². The molecule has 1 heterocycles. The van der Waals surface area contributed by atoms with E-state index in [-0.39, 0.29) is 0 Å². The Bertz CT molecular complexity index is 383. The minimum absolute atomic E-state index is 0.618. The fourth-order valence-corrected chi connectivity index (χ4v) is 2.90. The third kappa shape index (κ3) is 4.23. The van der Waals surface area contributed by atoms with E-state index in [0.717, 1.165) is 37.8 Å². The molecule has 0 spiro atoms. The summed E-state index contributed by atoms with van der Waals surface area (Å²) in [6.07, 6.45) is 8.18. The molecule has 4 nitrogen and oxygen atoms in total. The first-order chi connectivity index (χ1) is 9.70. The fraction of sp³-hybridized carbons (Fsp3) is 0.812. The molecule has 0 aliphatic heterocycles. The molecule has 0 saturated heterocycles. The van der Waals surface area contributed by atoms with Crippen LogP contribution < -0.4 is 10.2 Å². The summed E-state index contributed by atoms with van der Waals surface area (Å²) < 4.78 is 5.75. The lowest BCUT2D eigenvalue weighted by Crippen LogP contribution is -2.36. The maximum absolute atomic E-state index is 5.75. The molecule has 4 heteroatoms. The van der Waals surface area contributed by atoms with E-state index in [0.29, 0.717) is 12.0 Å². The second-order valence-corrected chi connectivity index (χ2v) is 6.28. The Kier molecular flexibility index (Phi) is 5.89. The molecule has 114 valence electrons. The summed E-state index contributed by atoms with van der Waals surface area (Å²) >= 11 is 0. The van der Waals surface area contributed by atoms with Crippen molar-refractivity contribution in [2.24, 2.45) is 5.92 Å². The van der Waals surface area contributed by atoms with Crippen LogP contribution in [0.1, 0.15) is 58.6 Å². The van der Waals surface area contributed by atoms with Crippen LogP contribution in [-0.4, -0.2) is 24.1 Å². The van der Waals surface area contributed by atoms with Crippen LogP contribution in [0.4, 0.5) is 6.01 Å². The van der Waals surface area contributed by atoms with Crippen LogP contribution in [0, 0.1) is 5.92 Å². The predicted octanol–water partition coefficient (Wildman–Crippen LogP) is 3.58. The molecule has 0 aromatic carbocycles. The quantitative estimate of drug-likeness (QED) is 0.739. The van der Waals surface area contributed by atoms with E-state index < -0.39 is 0 Å². The summed E-state index contributed by atoms with van der Waals surface area (Å²) in [5.41, 5.74) is 1.01. The van der Waals surface area contributed by atoms with Crippen LogP contribution in [0.5, 0.6) is 0 Å². The molecule has 20 heavy (non-hydrogen) atoms. The van der Waals surface area contributed by atoms with Crippen LogP contribution in [0.15, 0.2) is 10.7 Å². The van der Waals surface area contributed by atoms with Gasteiger partial charge < -0.3 is 14.6 Å². The number of oxazole rings is 1. The van der Waals surface area contributed by atoms with Gasteiger partial charge in [-0.3, -0.25) is 0 Å². The zero-order chi connectivity index (χ0) is 14.4. The van der Waals surface area contributed by atoms with Gasteiger partial charge in [-0.25, -0.2) is 0 Å². The highest BCUT2D eigenvalue weighted by Gasteiger charge is 2.26. The van der Waals surface area contributed by atoms with Crippen LogP contribution in [0.3, 0.4) is 0 Å². The minimum Gasteiger partial charge on any atom is -0.432 e. The number of anilines is 1. The van der Waals surface area contributed by atoms with Gasteiger partial charge in [0.2, 0.25) is 0 Å². The Morgan fingerprint density at radius 2 is 2.15 bits per heavy atom. The lowest BCUT2D eigenvalue weighted by atomic mass is 10.1. The summed E-state index contributed by atoms with van der Waals surface area (Å²) in [5, 5.41) is 3.37. The molecule has 1 aliphatic rings. The Balaban J connectivity index is 2.00. The van der Waals surface area contributed by atoms with Crippen LogP contribution >= 0.6 is 0 Å². The van der Waals surface area contributed by atoms with Gasteiger partial charge in [-0.1, -0.05) is 33.6 Å². The number of hydrogen-bond acceptors (Lipinski definition) is 4. The summed E-state index contributed by atoms with van der Waals surface area (Å²) in [7, 11) is 0. The van der Waals surface area contributed by atoms with E-state index in [1.807, 2.05) is 0 Å². The molecule has 0 unspecified atom stereocenters. The molecule has 0 bridgehead atoms. The molecule has 1 aromatic heterocycles. The topological polar surface area (TPSA) is 41.3 Å². The van der Waals surface area contributed by atoms with Crippen molar-refractivity contribution < 1.29 is 4.42 Å². The maximum Gasteiger partial charge on any atom is 0.297 e. The van der Waals surface area contributed by atoms with E-state index in [1.165, 1.54) is 25.7 Å². The van der Waals surface area contributed by atoms with Gasteiger partial charge in [0.1, 0.15) is 6.26 Å². The zero-order valence-corrected chi connectivity index (χ0v) is 13.2. The highest BCUT2D eigenvalue weighted by atomic mass is 16.4. The molecule has 1 N–H and O–H groups in total. The lowest BCUT2D eigenvalue weighted by molar-refractivity contribution is 0.463. The molecular formula is C16H29N3O. The molecule has 2 rings (SSSR count). The Morgan fingerprint density at radius 1 is 1.40 bits per heavy atom. The van der Waals surface area contributed by atoms with Crippen molar-refractivity contribution in [2.45, 2.75) is 65.5 Å². The lowest BCUT2D eigenvalue weighted by Gasteiger charge is -2.28. The predicted molar refractivity (Wildman–Crippen MR) is 82.9 cm³/mol. The highest BCUT2D eigenvalue weighted by molar-refractivity contribution is 5.29. The van der Waals surface area contributed by atoms with Gasteiger partial charge >= 0.3 is 0 Å². The smallest absolute Gasteiger partial charge is 0.297 e. The van der Waals surface area contributed by atoms with Crippen molar-refractivity contribution in [3.8, 4) is 0 Å². The van der Waals surface area contributed by atoms with Crippen LogP contribution in [0.2, 0.25) is 0 Å². The molecule has 1 fully saturated rings. The van der Waals surface area contributed by atoms with Crippen molar-refractivity contribution in [3.05, 3.63) is 12.0 Å². The third-order valence-corrected chi connectivity index (χ3v) is 3.85. The van der Waals surface area contributed by atoms with E-state index in [1.54, 1.807) is 6.26 Å². The average Bonchev–Trinajstić information content (AvgIpc) is 3.08. The second kappa shape index (κ2) is 7.67. The van der Waals surface area contributed by atoms with Gasteiger partial charge in [-0.05, 0) is 31.7 Å². The summed E-state index contributed by atoms with van der Waals surface area (Å²) in [6.45, 7) is 9.56. The summed E-state index contributed by atoms with van der Waals surface area (Å²) in [5.74, 6) is 0.629. The first-order valence-electron chi connectivity index (χ1n) is 8.12. The minimum atomic E-state index is 0.618. The SMILES string of the molecule is CCCNCc1coc(N(CC(C)C)C2CCCC2)n1. The van der Waals surface area contributed by atoms with Crippen molar-refractivity contribution in [1.82, 2.24) is 10.3 Å². The standard InChI is InChI=1S/C16H29N3O/c1-4-9-17-10-14-12-20-16(18-14)19(11-13(2)3)15-7-5-6-8-15/h12-13,15,17H,4-11H2,1-3H3. The first kappa shape index (κ1) is 15.4. The van der Waals surface area contributed by atoms with E-state index in [9.17, 15) is 0 Å². The number of nitrogens with one attached hydrogen (secondary N) is 1. The van der Waals surface area contributed by atoms with Crippen molar-refractivity contribution >= 4 is 6.01 Å². The molecule has 1 aliphatic carbocycles. The first-order valence-corrected chi connectivity index (χ1v) is 8.12. The largest absolute Gasteiger partial charge is 0.432 e. The van der Waals surface area contributed by atoms with E-state index in [2.05, 4.69) is 36.0 Å². The molecule has 0 amide bonds. The number of hydrogen-bond donors (Lipinski definition) is 1. The zero-order valence-electron chi connectivity index (χ0n) is 13.2. The highest BCUT2D eigenvalue weighted by Crippen LogP contribution is 2.28. The van der Waals surface area contributed by atoms with Crippen LogP contribution in [-0.2, 0) is 6.54 Å². The maximum atomic E-state index is 5.75. The number of rotatable bonds is 8. The van der Waals surface area contributed by atoms with Crippen molar-refractivity contribution in [1.29, 1.82) is 0 Å². The van der Waals surface area contributed by atoms with Gasteiger partial charge in [0.25, 0.3) is 6.01 Å². The third-order valence-electron chi connectivity index (χ3n) is 3.85. The Labute approximate surface area is 122 Å². The fourth-order valence-electron chi connectivity index (χ4n) is 2.90. The van der Waals surface area contributed by atoms with Gasteiger partial charge in [0.05, 0.1) is 5.69 Å². The van der Waals surface area contributed by atoms with Gasteiger partial charge in [-0.2, -0.15) is 4.98 Å². The molecule has 0 radical (unpaired) electrons. The summed E-state index contributed by atoms with van der Waals surface area (Å²) in [6, 6.07) is 1.44. The van der Waals surface area contributed by atoms with Crippen LogP contribution in [0.25, 0.3) is 0 Å². The Morgan fingerprint density at radius 3 is 2.80 bits per heavy atom. The molecule has 1 saturated carbocycles. The molecule has 0 atom stereocenters. The van der Waals surface area contributed by atoms with Crippen molar-refractivity contribution in [3.63, 3.8) is 0 Å². The van der Waals surface area contributed by atoms with Gasteiger partial charge in [0, 0.05) is 19.1 Å². The monoisotopic (exact) mass is 279 g/mol. The van der Waals surface area contributed by atoms with Gasteiger partial charge in [-0.15, -0.1) is 0 Å². The number of nitrogens with zero attached hydrogens (tertiary/aromatic N) is 2. The number of aromatic nitrogens is 1. The second-order valence-electron chi connectivity index (χ2n) is 6.28. The average molecular weight is 279 g/mol. The molecular weight excluding hydrogens is 250 g/mol. The normalized spacial score (nSPS) is 16.2.